The molecule has 1 aromatic carbocycles. The number of anilines is 3. The van der Waals surface area contributed by atoms with Crippen molar-refractivity contribution in [2.24, 2.45) is 0 Å². The SMILES string of the molecule is CCC(=O)Nc1ccc(N(CC)c2cccc(C)c2)nn1. The van der Waals surface area contributed by atoms with Gasteiger partial charge >= 0.3 is 0 Å². The van der Waals surface area contributed by atoms with Crippen LogP contribution in [0.25, 0.3) is 0 Å². The second kappa shape index (κ2) is 6.83. The van der Waals surface area contributed by atoms with Crippen molar-refractivity contribution in [2.75, 3.05) is 16.8 Å². The van der Waals surface area contributed by atoms with Crippen LogP contribution in [0.4, 0.5) is 17.3 Å². The van der Waals surface area contributed by atoms with Crippen LogP contribution in [0.15, 0.2) is 36.4 Å². The van der Waals surface area contributed by atoms with Gasteiger partial charge in [0.2, 0.25) is 5.91 Å². The molecule has 0 saturated heterocycles. The molecule has 110 valence electrons. The molecule has 0 radical (unpaired) electrons. The van der Waals surface area contributed by atoms with E-state index in [2.05, 4.69) is 46.4 Å². The van der Waals surface area contributed by atoms with Crippen molar-refractivity contribution in [2.45, 2.75) is 27.2 Å². The van der Waals surface area contributed by atoms with Gasteiger partial charge in [-0.05, 0) is 43.7 Å². The molecule has 0 fully saturated rings. The fraction of sp³-hybridized carbons (Fsp3) is 0.312. The summed E-state index contributed by atoms with van der Waals surface area (Å²) in [5.41, 5.74) is 2.28. The summed E-state index contributed by atoms with van der Waals surface area (Å²) >= 11 is 0. The van der Waals surface area contributed by atoms with E-state index in [4.69, 9.17) is 0 Å². The van der Waals surface area contributed by atoms with Crippen LogP contribution in [0.5, 0.6) is 0 Å². The smallest absolute Gasteiger partial charge is 0.225 e. The van der Waals surface area contributed by atoms with Gasteiger partial charge < -0.3 is 10.2 Å². The summed E-state index contributed by atoms with van der Waals surface area (Å²) in [6, 6.07) is 11.9. The molecule has 0 bridgehead atoms. The van der Waals surface area contributed by atoms with E-state index in [0.29, 0.717) is 12.2 Å². The molecule has 2 aromatic rings. The van der Waals surface area contributed by atoms with Crippen molar-refractivity contribution in [1.29, 1.82) is 0 Å². The van der Waals surface area contributed by atoms with Crippen molar-refractivity contribution >= 4 is 23.2 Å². The second-order valence-electron chi connectivity index (χ2n) is 4.76. The van der Waals surface area contributed by atoms with E-state index >= 15 is 0 Å². The Morgan fingerprint density at radius 1 is 1.19 bits per heavy atom. The summed E-state index contributed by atoms with van der Waals surface area (Å²) in [7, 11) is 0. The topological polar surface area (TPSA) is 58.1 Å². The maximum Gasteiger partial charge on any atom is 0.225 e. The zero-order valence-corrected chi connectivity index (χ0v) is 12.6. The number of aryl methyl sites for hydroxylation is 1. The molecule has 5 nitrogen and oxygen atoms in total. The van der Waals surface area contributed by atoms with E-state index in [0.717, 1.165) is 18.1 Å². The van der Waals surface area contributed by atoms with Crippen molar-refractivity contribution in [3.05, 3.63) is 42.0 Å². The number of hydrogen-bond donors (Lipinski definition) is 1. The summed E-state index contributed by atoms with van der Waals surface area (Å²) in [5, 5.41) is 11.0. The summed E-state index contributed by atoms with van der Waals surface area (Å²) < 4.78 is 0. The Morgan fingerprint density at radius 3 is 2.57 bits per heavy atom. The van der Waals surface area contributed by atoms with Crippen molar-refractivity contribution in [1.82, 2.24) is 10.2 Å². The van der Waals surface area contributed by atoms with E-state index in [-0.39, 0.29) is 5.91 Å². The lowest BCUT2D eigenvalue weighted by atomic mass is 10.2. The van der Waals surface area contributed by atoms with Gasteiger partial charge in [-0.3, -0.25) is 4.79 Å². The third-order valence-corrected chi connectivity index (χ3v) is 3.15. The Labute approximate surface area is 125 Å². The number of nitrogens with zero attached hydrogens (tertiary/aromatic N) is 3. The first-order valence-corrected chi connectivity index (χ1v) is 7.11. The highest BCUT2D eigenvalue weighted by Crippen LogP contribution is 2.24. The minimum Gasteiger partial charge on any atom is -0.325 e. The third kappa shape index (κ3) is 3.78. The molecule has 21 heavy (non-hydrogen) atoms. The van der Waals surface area contributed by atoms with Gasteiger partial charge in [0.1, 0.15) is 0 Å². The lowest BCUT2D eigenvalue weighted by Crippen LogP contribution is -2.18. The molecule has 0 aliphatic rings. The molecule has 1 N–H and O–H groups in total. The first-order chi connectivity index (χ1) is 10.1. The molecule has 1 aromatic heterocycles. The van der Waals surface area contributed by atoms with Crippen LogP contribution in [-0.4, -0.2) is 22.6 Å². The maximum atomic E-state index is 11.3. The molecule has 0 unspecified atom stereocenters. The van der Waals surface area contributed by atoms with Gasteiger partial charge in [0.25, 0.3) is 0 Å². The number of benzene rings is 1. The molecule has 1 heterocycles. The number of nitrogens with one attached hydrogen (secondary N) is 1. The standard InChI is InChI=1S/C16H20N4O/c1-4-16(21)17-14-9-10-15(19-18-14)20(5-2)13-8-6-7-12(3)11-13/h6-11H,4-5H2,1-3H3,(H,17,18,21). The number of amides is 1. The minimum atomic E-state index is -0.0666. The lowest BCUT2D eigenvalue weighted by Gasteiger charge is -2.22. The zero-order chi connectivity index (χ0) is 15.2. The Balaban J connectivity index is 2.21. The fourth-order valence-electron chi connectivity index (χ4n) is 2.04. The number of hydrogen-bond acceptors (Lipinski definition) is 4. The molecule has 1 amide bonds. The molecular weight excluding hydrogens is 264 g/mol. The quantitative estimate of drug-likeness (QED) is 0.915. The normalized spacial score (nSPS) is 10.2. The fourth-order valence-corrected chi connectivity index (χ4v) is 2.04. The molecule has 5 heteroatoms. The van der Waals surface area contributed by atoms with Crippen LogP contribution in [0.1, 0.15) is 25.8 Å². The zero-order valence-electron chi connectivity index (χ0n) is 12.6. The predicted octanol–water partition coefficient (Wildman–Crippen LogP) is 3.29. The number of rotatable bonds is 5. The number of aromatic nitrogens is 2. The highest BCUT2D eigenvalue weighted by molar-refractivity contribution is 5.89. The van der Waals surface area contributed by atoms with Crippen LogP contribution < -0.4 is 10.2 Å². The van der Waals surface area contributed by atoms with Crippen LogP contribution >= 0.6 is 0 Å². The van der Waals surface area contributed by atoms with Crippen LogP contribution in [0.2, 0.25) is 0 Å². The molecule has 0 spiro atoms. The van der Waals surface area contributed by atoms with Gasteiger partial charge in [0, 0.05) is 18.7 Å². The molecule has 0 aliphatic carbocycles. The lowest BCUT2D eigenvalue weighted by molar-refractivity contribution is -0.115. The Bertz CT molecular complexity index is 610. The van der Waals surface area contributed by atoms with E-state index in [1.807, 2.05) is 18.2 Å². The second-order valence-corrected chi connectivity index (χ2v) is 4.76. The van der Waals surface area contributed by atoms with Crippen LogP contribution in [-0.2, 0) is 4.79 Å². The Kier molecular flexibility index (Phi) is 4.87. The summed E-state index contributed by atoms with van der Waals surface area (Å²) in [4.78, 5) is 13.4. The van der Waals surface area contributed by atoms with Gasteiger partial charge in [0.05, 0.1) is 0 Å². The molecule has 0 saturated carbocycles. The van der Waals surface area contributed by atoms with Gasteiger partial charge in [-0.25, -0.2) is 0 Å². The Morgan fingerprint density at radius 2 is 2.00 bits per heavy atom. The predicted molar refractivity (Wildman–Crippen MR) is 84.8 cm³/mol. The number of carbonyl (C=O) groups excluding carboxylic acids is 1. The maximum absolute atomic E-state index is 11.3. The van der Waals surface area contributed by atoms with Crippen LogP contribution in [0.3, 0.4) is 0 Å². The summed E-state index contributed by atoms with van der Waals surface area (Å²) in [6.07, 6.45) is 0.424. The van der Waals surface area contributed by atoms with Gasteiger partial charge in [-0.2, -0.15) is 0 Å². The van der Waals surface area contributed by atoms with E-state index < -0.39 is 0 Å². The van der Waals surface area contributed by atoms with Crippen molar-refractivity contribution in [3.63, 3.8) is 0 Å². The largest absolute Gasteiger partial charge is 0.325 e. The molecule has 0 atom stereocenters. The average molecular weight is 284 g/mol. The van der Waals surface area contributed by atoms with Crippen molar-refractivity contribution in [3.8, 4) is 0 Å². The van der Waals surface area contributed by atoms with Gasteiger partial charge in [-0.1, -0.05) is 19.1 Å². The van der Waals surface area contributed by atoms with Gasteiger partial charge in [0.15, 0.2) is 11.6 Å². The van der Waals surface area contributed by atoms with E-state index in [9.17, 15) is 4.79 Å². The highest BCUT2D eigenvalue weighted by Gasteiger charge is 2.10. The van der Waals surface area contributed by atoms with Crippen molar-refractivity contribution < 1.29 is 4.79 Å². The third-order valence-electron chi connectivity index (χ3n) is 3.15. The Hall–Kier alpha value is -2.43. The summed E-state index contributed by atoms with van der Waals surface area (Å²) in [5.74, 6) is 1.17. The average Bonchev–Trinajstić information content (AvgIpc) is 2.50. The van der Waals surface area contributed by atoms with E-state index in [1.54, 1.807) is 13.0 Å². The first kappa shape index (κ1) is 15.0. The number of carbonyl (C=O) groups is 1. The van der Waals surface area contributed by atoms with E-state index in [1.165, 1.54) is 5.56 Å². The molecule has 2 rings (SSSR count). The summed E-state index contributed by atoms with van der Waals surface area (Å²) in [6.45, 7) is 6.72. The molecule has 0 aliphatic heterocycles. The molecular formula is C16H20N4O. The monoisotopic (exact) mass is 284 g/mol. The van der Waals surface area contributed by atoms with Gasteiger partial charge in [-0.15, -0.1) is 10.2 Å². The minimum absolute atomic E-state index is 0.0666. The highest BCUT2D eigenvalue weighted by atomic mass is 16.1. The van der Waals surface area contributed by atoms with Crippen LogP contribution in [0, 0.1) is 6.92 Å². The first-order valence-electron chi connectivity index (χ1n) is 7.11.